The second kappa shape index (κ2) is 4.06. The Kier molecular flexibility index (Phi) is 3.52. The Morgan fingerprint density at radius 3 is 1.93 bits per heavy atom. The molecule has 2 heteroatoms. The molecule has 1 heterocycles. The van der Waals surface area contributed by atoms with Crippen LogP contribution in [0.1, 0.15) is 48.0 Å². The van der Waals surface area contributed by atoms with Gasteiger partial charge in [-0.05, 0) is 38.5 Å². The molecule has 0 aromatic rings. The van der Waals surface area contributed by atoms with Crippen molar-refractivity contribution in [2.24, 2.45) is 11.3 Å². The molecular weight excluding hydrogens is 186 g/mol. The Morgan fingerprint density at radius 2 is 1.67 bits per heavy atom. The van der Waals surface area contributed by atoms with Crippen LogP contribution < -0.4 is 0 Å². The fourth-order valence-electron chi connectivity index (χ4n) is 2.62. The van der Waals surface area contributed by atoms with E-state index in [1.54, 1.807) is 0 Å². The van der Waals surface area contributed by atoms with E-state index in [-0.39, 0.29) is 5.54 Å². The SMILES string of the molecule is CC(C)(C)[C@@H]1CC(CO)CN1C(C)(C)C. The third-order valence-electron chi connectivity index (χ3n) is 3.51. The van der Waals surface area contributed by atoms with Crippen molar-refractivity contribution in [3.8, 4) is 0 Å². The van der Waals surface area contributed by atoms with E-state index < -0.39 is 0 Å². The molecule has 1 saturated heterocycles. The van der Waals surface area contributed by atoms with Gasteiger partial charge in [0, 0.05) is 24.7 Å². The topological polar surface area (TPSA) is 23.5 Å². The summed E-state index contributed by atoms with van der Waals surface area (Å²) in [5.41, 5.74) is 0.513. The largest absolute Gasteiger partial charge is 0.396 e. The number of nitrogens with zero attached hydrogens (tertiary/aromatic N) is 1. The minimum Gasteiger partial charge on any atom is -0.396 e. The zero-order chi connectivity index (χ0) is 11.9. The lowest BCUT2D eigenvalue weighted by Crippen LogP contribution is -2.49. The molecule has 0 aromatic carbocycles. The average molecular weight is 213 g/mol. The number of rotatable bonds is 1. The van der Waals surface area contributed by atoms with Gasteiger partial charge in [0.25, 0.3) is 0 Å². The Bertz CT molecular complexity index is 190. The predicted octanol–water partition coefficient (Wildman–Crippen LogP) is 2.51. The number of likely N-dealkylation sites (tertiary alicyclic amines) is 1. The van der Waals surface area contributed by atoms with Crippen LogP contribution in [0.15, 0.2) is 0 Å². The molecule has 0 bridgehead atoms. The second-order valence-corrected chi connectivity index (χ2v) is 6.99. The van der Waals surface area contributed by atoms with Crippen molar-refractivity contribution in [3.05, 3.63) is 0 Å². The summed E-state index contributed by atoms with van der Waals surface area (Å²) in [5.74, 6) is 0.466. The lowest BCUT2D eigenvalue weighted by molar-refractivity contribution is 0.0568. The quantitative estimate of drug-likeness (QED) is 0.723. The third kappa shape index (κ3) is 2.94. The van der Waals surface area contributed by atoms with E-state index in [1.807, 2.05) is 0 Å². The summed E-state index contributed by atoms with van der Waals surface area (Å²) >= 11 is 0. The second-order valence-electron chi connectivity index (χ2n) is 6.99. The maximum atomic E-state index is 9.31. The molecule has 1 aliphatic rings. The summed E-state index contributed by atoms with van der Waals surface area (Å²) in [6, 6.07) is 0.592. The first-order valence-corrected chi connectivity index (χ1v) is 6.04. The van der Waals surface area contributed by atoms with Crippen LogP contribution in [0, 0.1) is 11.3 Å². The van der Waals surface area contributed by atoms with Crippen LogP contribution in [0.2, 0.25) is 0 Å². The molecule has 1 unspecified atom stereocenters. The maximum absolute atomic E-state index is 9.31. The smallest absolute Gasteiger partial charge is 0.0472 e. The lowest BCUT2D eigenvalue weighted by atomic mass is 9.82. The van der Waals surface area contributed by atoms with Gasteiger partial charge >= 0.3 is 0 Å². The molecule has 2 nitrogen and oxygen atoms in total. The number of aliphatic hydroxyl groups excluding tert-OH is 1. The van der Waals surface area contributed by atoms with Crippen molar-refractivity contribution in [3.63, 3.8) is 0 Å². The van der Waals surface area contributed by atoms with Crippen molar-refractivity contribution < 1.29 is 5.11 Å². The fraction of sp³-hybridized carbons (Fsp3) is 1.00. The molecule has 0 aromatic heterocycles. The molecule has 0 amide bonds. The van der Waals surface area contributed by atoms with Crippen LogP contribution in [-0.2, 0) is 0 Å². The van der Waals surface area contributed by atoms with Crippen LogP contribution in [-0.4, -0.2) is 34.7 Å². The molecule has 0 spiro atoms. The van der Waals surface area contributed by atoms with Crippen LogP contribution in [0.25, 0.3) is 0 Å². The summed E-state index contributed by atoms with van der Waals surface area (Å²) in [7, 11) is 0. The van der Waals surface area contributed by atoms with Gasteiger partial charge in [-0.25, -0.2) is 0 Å². The first-order chi connectivity index (χ1) is 6.66. The van der Waals surface area contributed by atoms with Crippen molar-refractivity contribution in [2.45, 2.75) is 59.5 Å². The normalized spacial score (nSPS) is 29.8. The van der Waals surface area contributed by atoms with E-state index in [4.69, 9.17) is 0 Å². The van der Waals surface area contributed by atoms with Crippen LogP contribution >= 0.6 is 0 Å². The number of hydrogen-bond acceptors (Lipinski definition) is 2. The summed E-state index contributed by atoms with van der Waals surface area (Å²) in [6.07, 6.45) is 1.14. The van der Waals surface area contributed by atoms with E-state index in [0.717, 1.165) is 13.0 Å². The van der Waals surface area contributed by atoms with Gasteiger partial charge in [0.2, 0.25) is 0 Å². The van der Waals surface area contributed by atoms with Gasteiger partial charge in [0.1, 0.15) is 0 Å². The Hall–Kier alpha value is -0.0800. The minimum atomic E-state index is 0.210. The molecule has 1 N–H and O–H groups in total. The molecule has 15 heavy (non-hydrogen) atoms. The lowest BCUT2D eigenvalue weighted by Gasteiger charge is -2.43. The van der Waals surface area contributed by atoms with Crippen LogP contribution in [0.4, 0.5) is 0 Å². The Balaban J connectivity index is 2.84. The highest BCUT2D eigenvalue weighted by Crippen LogP contribution is 2.39. The van der Waals surface area contributed by atoms with Crippen molar-refractivity contribution in [1.82, 2.24) is 4.90 Å². The molecule has 0 aliphatic carbocycles. The van der Waals surface area contributed by atoms with Gasteiger partial charge in [-0.1, -0.05) is 20.8 Å². The first kappa shape index (κ1) is 13.0. The molecule has 0 radical (unpaired) electrons. The Labute approximate surface area is 94.7 Å². The highest BCUT2D eigenvalue weighted by Gasteiger charge is 2.43. The van der Waals surface area contributed by atoms with Crippen LogP contribution in [0.3, 0.4) is 0 Å². The molecular formula is C13H27NO. The zero-order valence-electron chi connectivity index (χ0n) is 11.2. The molecule has 0 saturated carbocycles. The van der Waals surface area contributed by atoms with Gasteiger partial charge in [-0.2, -0.15) is 0 Å². The van der Waals surface area contributed by atoms with E-state index in [9.17, 15) is 5.11 Å². The summed E-state index contributed by atoms with van der Waals surface area (Å²) in [5, 5.41) is 9.31. The average Bonchev–Trinajstić information content (AvgIpc) is 2.44. The van der Waals surface area contributed by atoms with Crippen molar-refractivity contribution in [1.29, 1.82) is 0 Å². The zero-order valence-corrected chi connectivity index (χ0v) is 11.2. The molecule has 2 atom stereocenters. The Morgan fingerprint density at radius 1 is 1.13 bits per heavy atom. The van der Waals surface area contributed by atoms with E-state index in [1.165, 1.54) is 0 Å². The predicted molar refractivity (Wildman–Crippen MR) is 64.9 cm³/mol. The summed E-state index contributed by atoms with van der Waals surface area (Å²) < 4.78 is 0. The molecule has 1 aliphatic heterocycles. The van der Waals surface area contributed by atoms with Crippen molar-refractivity contribution >= 4 is 0 Å². The monoisotopic (exact) mass is 213 g/mol. The van der Waals surface area contributed by atoms with Crippen molar-refractivity contribution in [2.75, 3.05) is 13.2 Å². The highest BCUT2D eigenvalue weighted by molar-refractivity contribution is 4.97. The fourth-order valence-corrected chi connectivity index (χ4v) is 2.62. The molecule has 1 rings (SSSR count). The standard InChI is InChI=1S/C13H27NO/c1-12(2,3)11-7-10(9-15)8-14(11)13(4,5)6/h10-11,15H,7-9H2,1-6H3/t10?,11-/m0/s1. The number of hydrogen-bond donors (Lipinski definition) is 1. The van der Waals surface area contributed by atoms with Gasteiger partial charge in [-0.15, -0.1) is 0 Å². The van der Waals surface area contributed by atoms with Gasteiger partial charge < -0.3 is 5.11 Å². The maximum Gasteiger partial charge on any atom is 0.0472 e. The first-order valence-electron chi connectivity index (χ1n) is 6.04. The third-order valence-corrected chi connectivity index (χ3v) is 3.51. The van der Waals surface area contributed by atoms with Gasteiger partial charge in [0.15, 0.2) is 0 Å². The van der Waals surface area contributed by atoms with E-state index in [2.05, 4.69) is 46.4 Å². The number of aliphatic hydroxyl groups is 1. The van der Waals surface area contributed by atoms with Crippen LogP contribution in [0.5, 0.6) is 0 Å². The van der Waals surface area contributed by atoms with E-state index >= 15 is 0 Å². The highest BCUT2D eigenvalue weighted by atomic mass is 16.3. The molecule has 1 fully saturated rings. The summed E-state index contributed by atoms with van der Waals surface area (Å²) in [6.45, 7) is 15.1. The van der Waals surface area contributed by atoms with Gasteiger partial charge in [0.05, 0.1) is 0 Å². The summed E-state index contributed by atoms with van der Waals surface area (Å²) in [4.78, 5) is 2.56. The minimum absolute atomic E-state index is 0.210. The molecule has 90 valence electrons. The van der Waals surface area contributed by atoms with Gasteiger partial charge in [-0.3, -0.25) is 4.90 Å². The van der Waals surface area contributed by atoms with E-state index in [0.29, 0.717) is 24.0 Å².